The number of benzene rings is 3. The molecule has 3 aromatic carbocycles. The predicted molar refractivity (Wildman–Crippen MR) is 111 cm³/mol. The maximum absolute atomic E-state index is 12.9. The van der Waals surface area contributed by atoms with Gasteiger partial charge in [0.2, 0.25) is 0 Å². The van der Waals surface area contributed by atoms with Gasteiger partial charge in [0.15, 0.2) is 5.43 Å². The first-order valence-corrected chi connectivity index (χ1v) is 8.79. The van der Waals surface area contributed by atoms with Crippen molar-refractivity contribution >= 4 is 22.3 Å². The molecule has 0 radical (unpaired) electrons. The molecule has 5 heteroatoms. The van der Waals surface area contributed by atoms with Crippen molar-refractivity contribution in [2.45, 2.75) is 0 Å². The molecular formula is C23H19NO4. The quantitative estimate of drug-likeness (QED) is 0.520. The number of rotatable bonds is 5. The molecule has 0 amide bonds. The highest BCUT2D eigenvalue weighted by Gasteiger charge is 2.11. The largest absolute Gasteiger partial charge is 0.497 e. The SMILES string of the molecule is COc1ccc(-c2coc3cc(Nc4ccccc4OC)ccc3c2=O)cc1. The lowest BCUT2D eigenvalue weighted by Crippen LogP contribution is -2.05. The Morgan fingerprint density at radius 1 is 0.893 bits per heavy atom. The van der Waals surface area contributed by atoms with Gasteiger partial charge in [0.25, 0.3) is 0 Å². The standard InChI is InChI=1S/C23H19NO4/c1-26-17-10-7-15(8-11-17)19-14-28-22-13-16(9-12-18(22)23(19)25)24-20-5-3-4-6-21(20)27-2/h3-14,24H,1-2H3. The molecule has 140 valence electrons. The molecule has 0 aliphatic heterocycles. The summed E-state index contributed by atoms with van der Waals surface area (Å²) in [5.74, 6) is 1.47. The lowest BCUT2D eigenvalue weighted by atomic mass is 10.1. The van der Waals surface area contributed by atoms with Crippen molar-refractivity contribution in [3.05, 3.63) is 83.2 Å². The fourth-order valence-electron chi connectivity index (χ4n) is 3.08. The summed E-state index contributed by atoms with van der Waals surface area (Å²) in [4.78, 5) is 12.9. The highest BCUT2D eigenvalue weighted by molar-refractivity contribution is 5.85. The van der Waals surface area contributed by atoms with Gasteiger partial charge in [0.1, 0.15) is 23.3 Å². The van der Waals surface area contributed by atoms with Crippen LogP contribution in [0.1, 0.15) is 0 Å². The zero-order chi connectivity index (χ0) is 19.5. The molecule has 4 rings (SSSR count). The maximum atomic E-state index is 12.9. The third kappa shape index (κ3) is 3.30. The van der Waals surface area contributed by atoms with Crippen LogP contribution < -0.4 is 20.2 Å². The Bertz CT molecular complexity index is 1180. The van der Waals surface area contributed by atoms with E-state index >= 15 is 0 Å². The summed E-state index contributed by atoms with van der Waals surface area (Å²) in [6.45, 7) is 0. The zero-order valence-corrected chi connectivity index (χ0v) is 15.6. The molecule has 0 spiro atoms. The molecule has 1 aromatic heterocycles. The van der Waals surface area contributed by atoms with Crippen LogP contribution in [0, 0.1) is 0 Å². The molecule has 28 heavy (non-hydrogen) atoms. The summed E-state index contributed by atoms with van der Waals surface area (Å²) in [6.07, 6.45) is 1.50. The van der Waals surface area contributed by atoms with Gasteiger partial charge in [-0.15, -0.1) is 0 Å². The first kappa shape index (κ1) is 17.7. The van der Waals surface area contributed by atoms with Crippen LogP contribution in [0.4, 0.5) is 11.4 Å². The van der Waals surface area contributed by atoms with E-state index in [0.717, 1.165) is 28.4 Å². The normalized spacial score (nSPS) is 10.6. The fraction of sp³-hybridized carbons (Fsp3) is 0.0870. The Labute approximate surface area is 162 Å². The molecule has 0 fully saturated rings. The second-order valence-electron chi connectivity index (χ2n) is 6.24. The molecule has 1 heterocycles. The van der Waals surface area contributed by atoms with Crippen LogP contribution in [0.25, 0.3) is 22.1 Å². The van der Waals surface area contributed by atoms with Gasteiger partial charge in [-0.25, -0.2) is 0 Å². The maximum Gasteiger partial charge on any atom is 0.200 e. The molecule has 0 aliphatic rings. The van der Waals surface area contributed by atoms with Crippen LogP contribution in [0.5, 0.6) is 11.5 Å². The van der Waals surface area contributed by atoms with Crippen molar-refractivity contribution < 1.29 is 13.9 Å². The minimum atomic E-state index is -0.0738. The smallest absolute Gasteiger partial charge is 0.200 e. The topological polar surface area (TPSA) is 60.7 Å². The van der Waals surface area contributed by atoms with E-state index < -0.39 is 0 Å². The van der Waals surface area contributed by atoms with E-state index in [9.17, 15) is 4.79 Å². The molecule has 0 unspecified atom stereocenters. The number of para-hydroxylation sites is 2. The summed E-state index contributed by atoms with van der Waals surface area (Å²) in [7, 11) is 3.23. The Morgan fingerprint density at radius 2 is 1.68 bits per heavy atom. The van der Waals surface area contributed by atoms with Gasteiger partial charge in [-0.3, -0.25) is 4.79 Å². The second-order valence-corrected chi connectivity index (χ2v) is 6.24. The number of methoxy groups -OCH3 is 2. The first-order chi connectivity index (χ1) is 13.7. The van der Waals surface area contributed by atoms with Crippen molar-refractivity contribution in [1.82, 2.24) is 0 Å². The molecule has 0 saturated heterocycles. The van der Waals surface area contributed by atoms with Crippen LogP contribution >= 0.6 is 0 Å². The number of hydrogen-bond acceptors (Lipinski definition) is 5. The molecule has 5 nitrogen and oxygen atoms in total. The number of fused-ring (bicyclic) bond motifs is 1. The zero-order valence-electron chi connectivity index (χ0n) is 15.6. The van der Waals surface area contributed by atoms with Crippen molar-refractivity contribution in [2.24, 2.45) is 0 Å². The Hall–Kier alpha value is -3.73. The highest BCUT2D eigenvalue weighted by Crippen LogP contribution is 2.29. The van der Waals surface area contributed by atoms with Gasteiger partial charge in [0, 0.05) is 11.8 Å². The lowest BCUT2D eigenvalue weighted by Gasteiger charge is -2.11. The van der Waals surface area contributed by atoms with E-state index in [1.807, 2.05) is 54.6 Å². The molecule has 4 aromatic rings. The predicted octanol–water partition coefficient (Wildman–Crippen LogP) is 5.22. The van der Waals surface area contributed by atoms with Crippen LogP contribution in [0.2, 0.25) is 0 Å². The third-order valence-corrected chi connectivity index (χ3v) is 4.56. The number of hydrogen-bond donors (Lipinski definition) is 1. The fourth-order valence-corrected chi connectivity index (χ4v) is 3.08. The highest BCUT2D eigenvalue weighted by atomic mass is 16.5. The summed E-state index contributed by atoms with van der Waals surface area (Å²) in [6, 6.07) is 20.4. The lowest BCUT2D eigenvalue weighted by molar-refractivity contribution is 0.415. The van der Waals surface area contributed by atoms with Crippen LogP contribution in [0.3, 0.4) is 0 Å². The van der Waals surface area contributed by atoms with E-state index in [-0.39, 0.29) is 5.43 Å². The van der Waals surface area contributed by atoms with Crippen LogP contribution in [-0.2, 0) is 0 Å². The van der Waals surface area contributed by atoms with Crippen molar-refractivity contribution in [1.29, 1.82) is 0 Å². The van der Waals surface area contributed by atoms with Crippen molar-refractivity contribution in [3.63, 3.8) is 0 Å². The monoisotopic (exact) mass is 373 g/mol. The molecule has 0 saturated carbocycles. The van der Waals surface area contributed by atoms with Gasteiger partial charge in [-0.1, -0.05) is 24.3 Å². The molecule has 0 atom stereocenters. The van der Waals surface area contributed by atoms with Crippen LogP contribution in [-0.4, -0.2) is 14.2 Å². The third-order valence-electron chi connectivity index (χ3n) is 4.56. The summed E-state index contributed by atoms with van der Waals surface area (Å²) in [5.41, 5.74) is 3.38. The minimum Gasteiger partial charge on any atom is -0.497 e. The number of anilines is 2. The number of ether oxygens (including phenoxy) is 2. The Morgan fingerprint density at radius 3 is 2.43 bits per heavy atom. The van der Waals surface area contributed by atoms with Gasteiger partial charge in [0.05, 0.1) is 30.9 Å². The molecule has 0 aliphatic carbocycles. The summed E-state index contributed by atoms with van der Waals surface area (Å²) in [5, 5.41) is 3.82. The Kier molecular flexibility index (Phi) is 4.72. The molecule has 0 bridgehead atoms. The van der Waals surface area contributed by atoms with Crippen LogP contribution in [0.15, 0.2) is 82.2 Å². The first-order valence-electron chi connectivity index (χ1n) is 8.79. The van der Waals surface area contributed by atoms with Gasteiger partial charge in [-0.05, 0) is 42.0 Å². The van der Waals surface area contributed by atoms with E-state index in [0.29, 0.717) is 16.5 Å². The van der Waals surface area contributed by atoms with E-state index in [2.05, 4.69) is 5.32 Å². The molecule has 1 N–H and O–H groups in total. The van der Waals surface area contributed by atoms with Gasteiger partial charge in [-0.2, -0.15) is 0 Å². The summed E-state index contributed by atoms with van der Waals surface area (Å²) >= 11 is 0. The van der Waals surface area contributed by atoms with Gasteiger partial charge >= 0.3 is 0 Å². The molecular weight excluding hydrogens is 354 g/mol. The number of nitrogens with one attached hydrogen (secondary N) is 1. The summed E-state index contributed by atoms with van der Waals surface area (Å²) < 4.78 is 16.3. The average molecular weight is 373 g/mol. The Balaban J connectivity index is 1.70. The van der Waals surface area contributed by atoms with Crippen molar-refractivity contribution in [2.75, 3.05) is 19.5 Å². The van der Waals surface area contributed by atoms with E-state index in [1.54, 1.807) is 26.4 Å². The van der Waals surface area contributed by atoms with E-state index in [4.69, 9.17) is 13.9 Å². The van der Waals surface area contributed by atoms with Gasteiger partial charge < -0.3 is 19.2 Å². The van der Waals surface area contributed by atoms with Crippen molar-refractivity contribution in [3.8, 4) is 22.6 Å². The minimum absolute atomic E-state index is 0.0738. The second kappa shape index (κ2) is 7.48. The average Bonchev–Trinajstić information content (AvgIpc) is 2.74. The van der Waals surface area contributed by atoms with E-state index in [1.165, 1.54) is 6.26 Å².